The summed E-state index contributed by atoms with van der Waals surface area (Å²) in [5.74, 6) is -1.97. The van der Waals surface area contributed by atoms with E-state index in [0.717, 1.165) is 18.1 Å². The van der Waals surface area contributed by atoms with Gasteiger partial charge in [0.05, 0.1) is 11.8 Å². The molecular weight excluding hydrogens is 406 g/mol. The molecule has 0 unspecified atom stereocenters. The summed E-state index contributed by atoms with van der Waals surface area (Å²) in [6.07, 6.45) is 1.62. The summed E-state index contributed by atoms with van der Waals surface area (Å²) < 4.78 is 32.1. The summed E-state index contributed by atoms with van der Waals surface area (Å²) >= 11 is 0. The molecule has 3 rings (SSSR count). The maximum Gasteiger partial charge on any atom is 0.270 e. The first-order chi connectivity index (χ1) is 14.7. The second-order valence-corrected chi connectivity index (χ2v) is 7.33. The molecule has 0 amide bonds. The van der Waals surface area contributed by atoms with Gasteiger partial charge in [-0.05, 0) is 37.6 Å². The standard InChI is InChI=1S/C21H24F2N6O2/c1-14(2)29-26-19(25-28-29)13-30-20-10-7-17(11-24-20)15(3)27-31-12-16-5-8-18(9-6-16)21(4,22)23/h5-11,14H,12-13H2,1-4H3. The van der Waals surface area contributed by atoms with Crippen LogP contribution in [0.5, 0.6) is 5.88 Å². The molecule has 31 heavy (non-hydrogen) atoms. The fraction of sp³-hybridized carbons (Fsp3) is 0.381. The Morgan fingerprint density at radius 2 is 1.87 bits per heavy atom. The van der Waals surface area contributed by atoms with E-state index >= 15 is 0 Å². The number of oxime groups is 1. The third-order valence-corrected chi connectivity index (χ3v) is 4.33. The van der Waals surface area contributed by atoms with E-state index in [1.165, 1.54) is 16.9 Å². The lowest BCUT2D eigenvalue weighted by atomic mass is 10.1. The van der Waals surface area contributed by atoms with Gasteiger partial charge in [0.2, 0.25) is 11.7 Å². The SMILES string of the molecule is CC(=NOCc1ccc(C(C)(F)F)cc1)c1ccc(OCc2nnn(C(C)C)n2)nc1. The maximum absolute atomic E-state index is 13.2. The van der Waals surface area contributed by atoms with Crippen LogP contribution >= 0.6 is 0 Å². The van der Waals surface area contributed by atoms with Crippen LogP contribution in [0.4, 0.5) is 8.78 Å². The first-order valence-electron chi connectivity index (χ1n) is 9.74. The first-order valence-corrected chi connectivity index (χ1v) is 9.74. The molecule has 164 valence electrons. The van der Waals surface area contributed by atoms with Gasteiger partial charge in [-0.3, -0.25) is 0 Å². The molecule has 0 spiro atoms. The molecule has 3 aromatic rings. The number of hydrogen-bond acceptors (Lipinski definition) is 7. The third-order valence-electron chi connectivity index (χ3n) is 4.33. The molecule has 0 fully saturated rings. The van der Waals surface area contributed by atoms with Crippen molar-refractivity contribution in [3.8, 4) is 5.88 Å². The van der Waals surface area contributed by atoms with Gasteiger partial charge in [-0.2, -0.15) is 4.80 Å². The molecule has 0 aliphatic carbocycles. The quantitative estimate of drug-likeness (QED) is 0.372. The zero-order valence-corrected chi connectivity index (χ0v) is 17.8. The van der Waals surface area contributed by atoms with Crippen molar-refractivity contribution in [1.82, 2.24) is 25.2 Å². The topological polar surface area (TPSA) is 87.3 Å². The van der Waals surface area contributed by atoms with E-state index in [-0.39, 0.29) is 24.8 Å². The van der Waals surface area contributed by atoms with Gasteiger partial charge in [-0.15, -0.1) is 10.2 Å². The second-order valence-electron chi connectivity index (χ2n) is 7.33. The molecule has 0 bridgehead atoms. The molecule has 0 radical (unpaired) electrons. The Balaban J connectivity index is 1.50. The number of alkyl halides is 2. The molecule has 0 N–H and O–H groups in total. The van der Waals surface area contributed by atoms with Gasteiger partial charge in [0.25, 0.3) is 5.92 Å². The van der Waals surface area contributed by atoms with Gasteiger partial charge in [0.15, 0.2) is 6.61 Å². The third kappa shape index (κ3) is 6.27. The van der Waals surface area contributed by atoms with E-state index in [1.807, 2.05) is 13.8 Å². The van der Waals surface area contributed by atoms with Gasteiger partial charge in [-0.1, -0.05) is 29.4 Å². The van der Waals surface area contributed by atoms with Crippen LogP contribution in [0.1, 0.15) is 56.3 Å². The van der Waals surface area contributed by atoms with E-state index in [2.05, 4.69) is 25.6 Å². The van der Waals surface area contributed by atoms with Crippen molar-refractivity contribution < 1.29 is 18.4 Å². The minimum absolute atomic E-state index is 0.0374. The molecule has 10 heteroatoms. The number of nitrogens with zero attached hydrogens (tertiary/aromatic N) is 6. The number of ether oxygens (including phenoxy) is 1. The number of aromatic nitrogens is 5. The van der Waals surface area contributed by atoms with Crippen LogP contribution in [-0.4, -0.2) is 30.9 Å². The number of tetrazole rings is 1. The summed E-state index contributed by atoms with van der Waals surface area (Å²) in [5, 5.41) is 16.1. The fourth-order valence-electron chi connectivity index (χ4n) is 2.50. The molecule has 0 aliphatic heterocycles. The highest BCUT2D eigenvalue weighted by molar-refractivity contribution is 5.98. The van der Waals surface area contributed by atoms with Gasteiger partial charge in [0, 0.05) is 30.3 Å². The maximum atomic E-state index is 13.2. The molecular formula is C21H24F2N6O2. The largest absolute Gasteiger partial charge is 0.469 e. The Bertz CT molecular complexity index is 1010. The van der Waals surface area contributed by atoms with E-state index in [0.29, 0.717) is 17.4 Å². The average Bonchev–Trinajstić information content (AvgIpc) is 3.22. The highest BCUT2D eigenvalue weighted by Crippen LogP contribution is 2.26. The molecule has 2 heterocycles. The van der Waals surface area contributed by atoms with E-state index in [4.69, 9.17) is 9.57 Å². The van der Waals surface area contributed by atoms with Crippen molar-refractivity contribution in [2.24, 2.45) is 5.16 Å². The first kappa shape index (κ1) is 22.3. The number of benzene rings is 1. The molecule has 0 saturated carbocycles. The summed E-state index contributed by atoms with van der Waals surface area (Å²) in [4.78, 5) is 11.1. The number of halogens is 2. The van der Waals surface area contributed by atoms with Crippen LogP contribution in [-0.2, 0) is 24.0 Å². The van der Waals surface area contributed by atoms with Crippen LogP contribution in [0.15, 0.2) is 47.8 Å². The number of hydrogen-bond donors (Lipinski definition) is 0. The zero-order valence-electron chi connectivity index (χ0n) is 17.8. The Morgan fingerprint density at radius 3 is 2.45 bits per heavy atom. The Hall–Kier alpha value is -3.43. The normalized spacial score (nSPS) is 12.3. The summed E-state index contributed by atoms with van der Waals surface area (Å²) in [5.41, 5.74) is 2.09. The van der Waals surface area contributed by atoms with Gasteiger partial charge in [-0.25, -0.2) is 13.8 Å². The predicted octanol–water partition coefficient (Wildman–Crippen LogP) is 4.28. The lowest BCUT2D eigenvalue weighted by molar-refractivity contribution is 0.0174. The Labute approximate surface area is 178 Å². The second kappa shape index (κ2) is 9.59. The molecule has 1 aromatic carbocycles. The lowest BCUT2D eigenvalue weighted by Gasteiger charge is -2.10. The fourth-order valence-corrected chi connectivity index (χ4v) is 2.50. The van der Waals surface area contributed by atoms with Gasteiger partial charge in [0.1, 0.15) is 6.61 Å². The van der Waals surface area contributed by atoms with Gasteiger partial charge >= 0.3 is 0 Å². The summed E-state index contributed by atoms with van der Waals surface area (Å²) in [6, 6.07) is 9.61. The van der Waals surface area contributed by atoms with Crippen molar-refractivity contribution in [3.05, 3.63) is 65.1 Å². The van der Waals surface area contributed by atoms with Crippen molar-refractivity contribution in [2.75, 3.05) is 0 Å². The highest BCUT2D eigenvalue weighted by Gasteiger charge is 2.23. The molecule has 0 atom stereocenters. The van der Waals surface area contributed by atoms with Crippen LogP contribution in [0, 0.1) is 0 Å². The van der Waals surface area contributed by atoms with Crippen molar-refractivity contribution in [1.29, 1.82) is 0 Å². The highest BCUT2D eigenvalue weighted by atomic mass is 19.3. The number of rotatable bonds is 9. The predicted molar refractivity (Wildman–Crippen MR) is 110 cm³/mol. The average molecular weight is 430 g/mol. The van der Waals surface area contributed by atoms with Crippen molar-refractivity contribution >= 4 is 5.71 Å². The smallest absolute Gasteiger partial charge is 0.270 e. The van der Waals surface area contributed by atoms with E-state index < -0.39 is 5.92 Å². The number of pyridine rings is 1. The van der Waals surface area contributed by atoms with Crippen LogP contribution < -0.4 is 4.74 Å². The monoisotopic (exact) mass is 430 g/mol. The molecule has 2 aromatic heterocycles. The Morgan fingerprint density at radius 1 is 1.13 bits per heavy atom. The minimum atomic E-state index is -2.86. The Kier molecular flexibility index (Phi) is 6.88. The zero-order chi connectivity index (χ0) is 22.4. The van der Waals surface area contributed by atoms with Crippen LogP contribution in [0.3, 0.4) is 0 Å². The minimum Gasteiger partial charge on any atom is -0.469 e. The lowest BCUT2D eigenvalue weighted by Crippen LogP contribution is -2.06. The van der Waals surface area contributed by atoms with Crippen molar-refractivity contribution in [3.63, 3.8) is 0 Å². The van der Waals surface area contributed by atoms with Gasteiger partial charge < -0.3 is 9.57 Å². The summed E-state index contributed by atoms with van der Waals surface area (Å²) in [7, 11) is 0. The van der Waals surface area contributed by atoms with E-state index in [9.17, 15) is 8.78 Å². The van der Waals surface area contributed by atoms with Crippen molar-refractivity contribution in [2.45, 2.75) is 52.9 Å². The van der Waals surface area contributed by atoms with Crippen LogP contribution in [0.2, 0.25) is 0 Å². The molecule has 0 saturated heterocycles. The summed E-state index contributed by atoms with van der Waals surface area (Å²) in [6.45, 7) is 6.91. The molecule has 0 aliphatic rings. The van der Waals surface area contributed by atoms with E-state index in [1.54, 1.807) is 37.4 Å². The molecule has 8 nitrogen and oxygen atoms in total. The van der Waals surface area contributed by atoms with Crippen LogP contribution in [0.25, 0.3) is 0 Å².